The highest BCUT2D eigenvalue weighted by Crippen LogP contribution is 2.36. The van der Waals surface area contributed by atoms with Gasteiger partial charge in [0.25, 0.3) is 5.91 Å². The predicted octanol–water partition coefficient (Wildman–Crippen LogP) is 3.47. The molecule has 0 aromatic heterocycles. The first-order chi connectivity index (χ1) is 12.4. The molecule has 1 heterocycles. The molecule has 2 aromatic rings. The van der Waals surface area contributed by atoms with Crippen molar-refractivity contribution >= 4 is 40.9 Å². The Kier molecular flexibility index (Phi) is 4.99. The highest BCUT2D eigenvalue weighted by molar-refractivity contribution is 8.00. The molecule has 26 heavy (non-hydrogen) atoms. The predicted molar refractivity (Wildman–Crippen MR) is 101 cm³/mol. The molecule has 0 aliphatic carbocycles. The summed E-state index contributed by atoms with van der Waals surface area (Å²) in [4.78, 5) is 37.0. The summed E-state index contributed by atoms with van der Waals surface area (Å²) in [6, 6.07) is 10.2. The quantitative estimate of drug-likeness (QED) is 0.808. The van der Waals surface area contributed by atoms with Crippen molar-refractivity contribution in [1.82, 2.24) is 0 Å². The fourth-order valence-electron chi connectivity index (χ4n) is 2.55. The molecule has 3 rings (SSSR count). The van der Waals surface area contributed by atoms with Gasteiger partial charge in [-0.1, -0.05) is 6.07 Å². The second-order valence-corrected chi connectivity index (χ2v) is 7.32. The Hall–Kier alpha value is -2.80. The number of amides is 2. The van der Waals surface area contributed by atoms with Crippen molar-refractivity contribution in [3.8, 4) is 0 Å². The number of rotatable bonds is 3. The van der Waals surface area contributed by atoms with E-state index < -0.39 is 5.97 Å². The number of ether oxygens (including phenoxy) is 1. The van der Waals surface area contributed by atoms with Crippen LogP contribution in [0.5, 0.6) is 0 Å². The van der Waals surface area contributed by atoms with Crippen LogP contribution in [0.15, 0.2) is 41.3 Å². The maximum absolute atomic E-state index is 12.6. The summed E-state index contributed by atoms with van der Waals surface area (Å²) in [5.74, 6) is -0.874. The second kappa shape index (κ2) is 7.21. The molecular formula is C19H18N2O4S. The van der Waals surface area contributed by atoms with Crippen LogP contribution in [0.4, 0.5) is 11.4 Å². The third-order valence-corrected chi connectivity index (χ3v) is 5.26. The lowest BCUT2D eigenvalue weighted by Gasteiger charge is -2.21. The third-order valence-electron chi connectivity index (χ3n) is 4.08. The van der Waals surface area contributed by atoms with E-state index in [-0.39, 0.29) is 17.1 Å². The summed E-state index contributed by atoms with van der Waals surface area (Å²) in [5.41, 5.74) is 2.76. The maximum Gasteiger partial charge on any atom is 0.337 e. The SMILES string of the molecule is COC(=O)c1ccc(C)c(NC(=O)c2ccc3c(c2)NC(=O)[C@@H](C)S3)c1. The summed E-state index contributed by atoms with van der Waals surface area (Å²) in [6.07, 6.45) is 0. The first kappa shape index (κ1) is 18.0. The average Bonchev–Trinajstić information content (AvgIpc) is 2.63. The van der Waals surface area contributed by atoms with Gasteiger partial charge in [0.2, 0.25) is 5.91 Å². The highest BCUT2D eigenvalue weighted by atomic mass is 32.2. The van der Waals surface area contributed by atoms with Crippen LogP contribution >= 0.6 is 11.8 Å². The number of anilines is 2. The van der Waals surface area contributed by atoms with Gasteiger partial charge in [-0.15, -0.1) is 11.8 Å². The van der Waals surface area contributed by atoms with Gasteiger partial charge in [-0.2, -0.15) is 0 Å². The Labute approximate surface area is 155 Å². The Morgan fingerprint density at radius 3 is 2.62 bits per heavy atom. The topological polar surface area (TPSA) is 84.5 Å². The second-order valence-electron chi connectivity index (χ2n) is 5.94. The lowest BCUT2D eigenvalue weighted by molar-refractivity contribution is -0.115. The van der Waals surface area contributed by atoms with Gasteiger partial charge in [-0.25, -0.2) is 4.79 Å². The molecule has 0 unspecified atom stereocenters. The van der Waals surface area contributed by atoms with E-state index in [1.165, 1.54) is 18.9 Å². The van der Waals surface area contributed by atoms with E-state index in [1.54, 1.807) is 30.3 Å². The molecular weight excluding hydrogens is 352 g/mol. The maximum atomic E-state index is 12.6. The zero-order chi connectivity index (χ0) is 18.8. The molecule has 0 saturated heterocycles. The normalized spacial score (nSPS) is 15.7. The minimum Gasteiger partial charge on any atom is -0.465 e. The molecule has 0 saturated carbocycles. The van der Waals surface area contributed by atoms with Gasteiger partial charge in [0.15, 0.2) is 0 Å². The van der Waals surface area contributed by atoms with Crippen LogP contribution in [0.2, 0.25) is 0 Å². The molecule has 1 atom stereocenters. The zero-order valence-electron chi connectivity index (χ0n) is 14.6. The molecule has 2 N–H and O–H groups in total. The van der Waals surface area contributed by atoms with Crippen molar-refractivity contribution in [3.05, 3.63) is 53.1 Å². The average molecular weight is 370 g/mol. The van der Waals surface area contributed by atoms with Crippen molar-refractivity contribution in [1.29, 1.82) is 0 Å². The first-order valence-electron chi connectivity index (χ1n) is 8.01. The van der Waals surface area contributed by atoms with E-state index in [0.29, 0.717) is 22.5 Å². The standard InChI is InChI=1S/C19H18N2O4S/c1-10-4-5-13(19(24)25-3)9-14(10)20-18(23)12-6-7-16-15(8-12)21-17(22)11(2)26-16/h4-9,11H,1-3H3,(H,20,23)(H,21,22)/t11-/m1/s1. The fourth-order valence-corrected chi connectivity index (χ4v) is 3.48. The van der Waals surface area contributed by atoms with Crippen LogP contribution in [0.3, 0.4) is 0 Å². The van der Waals surface area contributed by atoms with Gasteiger partial charge >= 0.3 is 5.97 Å². The number of hydrogen-bond donors (Lipinski definition) is 2. The fraction of sp³-hybridized carbons (Fsp3) is 0.211. The van der Waals surface area contributed by atoms with Crippen LogP contribution in [0.1, 0.15) is 33.2 Å². The van der Waals surface area contributed by atoms with Crippen molar-refractivity contribution in [2.45, 2.75) is 24.0 Å². The Balaban J connectivity index is 1.84. The molecule has 0 spiro atoms. The molecule has 7 heteroatoms. The number of esters is 1. The van der Waals surface area contributed by atoms with Crippen LogP contribution in [-0.4, -0.2) is 30.1 Å². The van der Waals surface area contributed by atoms with E-state index >= 15 is 0 Å². The van der Waals surface area contributed by atoms with E-state index in [0.717, 1.165) is 10.5 Å². The van der Waals surface area contributed by atoms with E-state index in [9.17, 15) is 14.4 Å². The number of carbonyl (C=O) groups is 3. The van der Waals surface area contributed by atoms with E-state index in [1.807, 2.05) is 19.9 Å². The Morgan fingerprint density at radius 1 is 1.15 bits per heavy atom. The Morgan fingerprint density at radius 2 is 1.88 bits per heavy atom. The largest absolute Gasteiger partial charge is 0.465 e. The summed E-state index contributed by atoms with van der Waals surface area (Å²) in [5, 5.41) is 5.46. The number of methoxy groups -OCH3 is 1. The van der Waals surface area contributed by atoms with Gasteiger partial charge in [-0.05, 0) is 49.7 Å². The monoisotopic (exact) mass is 370 g/mol. The molecule has 2 amide bonds. The van der Waals surface area contributed by atoms with Crippen LogP contribution in [0.25, 0.3) is 0 Å². The molecule has 1 aliphatic heterocycles. The molecule has 0 fully saturated rings. The first-order valence-corrected chi connectivity index (χ1v) is 8.89. The summed E-state index contributed by atoms with van der Waals surface area (Å²) < 4.78 is 4.71. The minimum absolute atomic E-state index is 0.0818. The van der Waals surface area contributed by atoms with Crippen LogP contribution in [-0.2, 0) is 9.53 Å². The van der Waals surface area contributed by atoms with Crippen LogP contribution < -0.4 is 10.6 Å². The van der Waals surface area contributed by atoms with Gasteiger partial charge in [0, 0.05) is 16.1 Å². The van der Waals surface area contributed by atoms with Crippen molar-refractivity contribution < 1.29 is 19.1 Å². The van der Waals surface area contributed by atoms with Crippen molar-refractivity contribution in [3.63, 3.8) is 0 Å². The van der Waals surface area contributed by atoms with Gasteiger partial charge in [0.1, 0.15) is 0 Å². The third kappa shape index (κ3) is 3.57. The molecule has 6 nitrogen and oxygen atoms in total. The molecule has 2 aromatic carbocycles. The van der Waals surface area contributed by atoms with Crippen molar-refractivity contribution in [2.24, 2.45) is 0 Å². The molecule has 0 radical (unpaired) electrons. The lowest BCUT2D eigenvalue weighted by Crippen LogP contribution is -2.26. The van der Waals surface area contributed by atoms with Gasteiger partial charge in [-0.3, -0.25) is 9.59 Å². The number of aryl methyl sites for hydroxylation is 1. The number of benzene rings is 2. The molecule has 0 bridgehead atoms. The van der Waals surface area contributed by atoms with Crippen LogP contribution in [0, 0.1) is 6.92 Å². The summed E-state index contributed by atoms with van der Waals surface area (Å²) >= 11 is 1.46. The minimum atomic E-state index is -0.469. The smallest absolute Gasteiger partial charge is 0.337 e. The highest BCUT2D eigenvalue weighted by Gasteiger charge is 2.24. The van der Waals surface area contributed by atoms with E-state index in [2.05, 4.69) is 10.6 Å². The van der Waals surface area contributed by atoms with Gasteiger partial charge < -0.3 is 15.4 Å². The number of thioether (sulfide) groups is 1. The number of fused-ring (bicyclic) bond motifs is 1. The zero-order valence-corrected chi connectivity index (χ0v) is 15.4. The summed E-state index contributed by atoms with van der Waals surface area (Å²) in [7, 11) is 1.31. The van der Waals surface area contributed by atoms with Crippen molar-refractivity contribution in [2.75, 3.05) is 17.7 Å². The van der Waals surface area contributed by atoms with Gasteiger partial charge in [0.05, 0.1) is 23.6 Å². The Bertz CT molecular complexity index is 910. The lowest BCUT2D eigenvalue weighted by atomic mass is 10.1. The number of carbonyl (C=O) groups excluding carboxylic acids is 3. The number of nitrogens with one attached hydrogen (secondary N) is 2. The molecule has 134 valence electrons. The van der Waals surface area contributed by atoms with E-state index in [4.69, 9.17) is 4.74 Å². The molecule has 1 aliphatic rings. The number of hydrogen-bond acceptors (Lipinski definition) is 5. The summed E-state index contributed by atoms with van der Waals surface area (Å²) in [6.45, 7) is 3.67.